The van der Waals surface area contributed by atoms with Gasteiger partial charge in [0.25, 0.3) is 0 Å². The number of alkyl halides is 2. The Labute approximate surface area is 104 Å². The normalized spacial score (nSPS) is 10.9. The summed E-state index contributed by atoms with van der Waals surface area (Å²) in [7, 11) is 0. The van der Waals surface area contributed by atoms with E-state index >= 15 is 0 Å². The van der Waals surface area contributed by atoms with Crippen LogP contribution in [0.15, 0.2) is 18.2 Å². The molecule has 0 heterocycles. The molecule has 0 bridgehead atoms. The van der Waals surface area contributed by atoms with Gasteiger partial charge in [-0.3, -0.25) is 0 Å². The third kappa shape index (κ3) is 3.72. The SMILES string of the molecule is Oc1ccc([NH+](CCCl)CCCl)cc1Cl. The average Bonchev–Trinajstić information content (AvgIpc) is 2.22. The molecule has 5 heteroatoms. The van der Waals surface area contributed by atoms with Crippen molar-refractivity contribution in [1.82, 2.24) is 0 Å². The number of aromatic hydroxyl groups is 1. The standard InChI is InChI=1S/C10H12Cl3NO/c11-3-5-14(6-4-12)8-1-2-10(15)9(13)7-8/h1-2,7,15H,3-6H2/p+1. The highest BCUT2D eigenvalue weighted by atomic mass is 35.5. The first-order valence-electron chi connectivity index (χ1n) is 4.64. The lowest BCUT2D eigenvalue weighted by molar-refractivity contribution is -0.827. The zero-order valence-corrected chi connectivity index (χ0v) is 10.4. The monoisotopic (exact) mass is 268 g/mol. The molecule has 0 saturated heterocycles. The van der Waals surface area contributed by atoms with Gasteiger partial charge in [-0.05, 0) is 6.07 Å². The minimum Gasteiger partial charge on any atom is -0.506 e. The number of hydrogen-bond acceptors (Lipinski definition) is 1. The second kappa shape index (κ2) is 6.44. The quantitative estimate of drug-likeness (QED) is 0.620. The van der Waals surface area contributed by atoms with Crippen molar-refractivity contribution >= 4 is 40.5 Å². The maximum absolute atomic E-state index is 9.29. The van der Waals surface area contributed by atoms with Gasteiger partial charge in [0.15, 0.2) is 0 Å². The van der Waals surface area contributed by atoms with Gasteiger partial charge in [0.1, 0.15) is 11.4 Å². The highest BCUT2D eigenvalue weighted by Crippen LogP contribution is 2.24. The summed E-state index contributed by atoms with van der Waals surface area (Å²) >= 11 is 17.2. The summed E-state index contributed by atoms with van der Waals surface area (Å²) in [5, 5.41) is 9.65. The molecule has 0 fully saturated rings. The molecular formula is C10H13Cl3NO+. The van der Waals surface area contributed by atoms with Crippen molar-refractivity contribution in [1.29, 1.82) is 0 Å². The molecule has 0 amide bonds. The number of rotatable bonds is 5. The van der Waals surface area contributed by atoms with Crippen LogP contribution in [-0.2, 0) is 0 Å². The highest BCUT2D eigenvalue weighted by Gasteiger charge is 2.12. The summed E-state index contributed by atoms with van der Waals surface area (Å²) < 4.78 is 0. The van der Waals surface area contributed by atoms with Gasteiger partial charge in [-0.25, -0.2) is 0 Å². The van der Waals surface area contributed by atoms with E-state index in [4.69, 9.17) is 34.8 Å². The summed E-state index contributed by atoms with van der Waals surface area (Å²) in [5.41, 5.74) is 0.999. The van der Waals surface area contributed by atoms with Crippen molar-refractivity contribution < 1.29 is 10.0 Å². The summed E-state index contributed by atoms with van der Waals surface area (Å²) in [6, 6.07) is 5.15. The second-order valence-electron chi connectivity index (χ2n) is 3.15. The van der Waals surface area contributed by atoms with Crippen LogP contribution in [0.4, 0.5) is 5.69 Å². The summed E-state index contributed by atoms with van der Waals surface area (Å²) in [4.78, 5) is 1.17. The molecule has 1 rings (SSSR count). The van der Waals surface area contributed by atoms with Crippen molar-refractivity contribution in [2.24, 2.45) is 0 Å². The highest BCUT2D eigenvalue weighted by molar-refractivity contribution is 6.32. The number of halogens is 3. The number of quaternary nitrogens is 1. The number of phenols is 1. The van der Waals surface area contributed by atoms with Crippen LogP contribution in [-0.4, -0.2) is 30.0 Å². The van der Waals surface area contributed by atoms with E-state index in [-0.39, 0.29) is 5.75 Å². The van der Waals surface area contributed by atoms with Crippen LogP contribution in [0.2, 0.25) is 5.02 Å². The van der Waals surface area contributed by atoms with Crippen LogP contribution in [0.1, 0.15) is 0 Å². The number of phenolic OH excluding ortho intramolecular Hbond substituents is 1. The predicted molar refractivity (Wildman–Crippen MR) is 64.9 cm³/mol. The molecule has 0 saturated carbocycles. The van der Waals surface area contributed by atoms with E-state index in [0.717, 1.165) is 18.8 Å². The van der Waals surface area contributed by atoms with Crippen molar-refractivity contribution in [3.63, 3.8) is 0 Å². The van der Waals surface area contributed by atoms with E-state index < -0.39 is 0 Å². The average molecular weight is 270 g/mol. The maximum atomic E-state index is 9.29. The lowest BCUT2D eigenvalue weighted by Gasteiger charge is -2.16. The maximum Gasteiger partial charge on any atom is 0.134 e. The Balaban J connectivity index is 2.85. The Morgan fingerprint density at radius 3 is 2.20 bits per heavy atom. The molecule has 2 nitrogen and oxygen atoms in total. The van der Waals surface area contributed by atoms with Crippen molar-refractivity contribution in [2.45, 2.75) is 0 Å². The number of hydrogen-bond donors (Lipinski definition) is 2. The molecule has 15 heavy (non-hydrogen) atoms. The molecule has 0 aromatic heterocycles. The van der Waals surface area contributed by atoms with E-state index in [1.807, 2.05) is 6.07 Å². The molecule has 84 valence electrons. The molecule has 0 aliphatic heterocycles. The third-order valence-corrected chi connectivity index (χ3v) is 2.83. The van der Waals surface area contributed by atoms with Gasteiger partial charge >= 0.3 is 0 Å². The zero-order chi connectivity index (χ0) is 11.3. The van der Waals surface area contributed by atoms with Crippen molar-refractivity contribution in [3.05, 3.63) is 23.2 Å². The van der Waals surface area contributed by atoms with Gasteiger partial charge in [0.05, 0.1) is 29.9 Å². The summed E-state index contributed by atoms with van der Waals surface area (Å²) in [6.07, 6.45) is 0. The molecule has 1 aromatic carbocycles. The first-order valence-corrected chi connectivity index (χ1v) is 6.09. The molecule has 0 spiro atoms. The number of benzene rings is 1. The number of nitrogens with one attached hydrogen (secondary N) is 1. The molecule has 0 unspecified atom stereocenters. The predicted octanol–water partition coefficient (Wildman–Crippen LogP) is 2.04. The Bertz CT molecular complexity index is 314. The Morgan fingerprint density at radius 1 is 1.13 bits per heavy atom. The van der Waals surface area contributed by atoms with Crippen LogP contribution in [0.5, 0.6) is 5.75 Å². The van der Waals surface area contributed by atoms with Crippen molar-refractivity contribution in [2.75, 3.05) is 24.8 Å². The first-order chi connectivity index (χ1) is 7.19. The van der Waals surface area contributed by atoms with E-state index in [0.29, 0.717) is 16.8 Å². The minimum absolute atomic E-state index is 0.0940. The second-order valence-corrected chi connectivity index (χ2v) is 4.31. The van der Waals surface area contributed by atoms with Crippen LogP contribution < -0.4 is 4.90 Å². The molecule has 0 aliphatic rings. The third-order valence-electron chi connectivity index (χ3n) is 2.15. The Kier molecular flexibility index (Phi) is 5.54. The smallest absolute Gasteiger partial charge is 0.134 e. The fourth-order valence-electron chi connectivity index (χ4n) is 1.37. The van der Waals surface area contributed by atoms with Crippen molar-refractivity contribution in [3.8, 4) is 5.75 Å². The topological polar surface area (TPSA) is 24.7 Å². The summed E-state index contributed by atoms with van der Waals surface area (Å²) in [5.74, 6) is 1.21. The zero-order valence-electron chi connectivity index (χ0n) is 8.14. The fourth-order valence-corrected chi connectivity index (χ4v) is 2.01. The lowest BCUT2D eigenvalue weighted by atomic mass is 10.2. The largest absolute Gasteiger partial charge is 0.506 e. The van der Waals surface area contributed by atoms with Gasteiger partial charge < -0.3 is 10.0 Å². The van der Waals surface area contributed by atoms with Gasteiger partial charge in [-0.2, -0.15) is 0 Å². The van der Waals surface area contributed by atoms with Gasteiger partial charge in [-0.15, -0.1) is 23.2 Å². The van der Waals surface area contributed by atoms with E-state index in [1.54, 1.807) is 12.1 Å². The van der Waals surface area contributed by atoms with Gasteiger partial charge in [0.2, 0.25) is 0 Å². The van der Waals surface area contributed by atoms with Crippen LogP contribution in [0.25, 0.3) is 0 Å². The molecule has 2 N–H and O–H groups in total. The van der Waals surface area contributed by atoms with Crippen LogP contribution in [0, 0.1) is 0 Å². The molecule has 1 aromatic rings. The lowest BCUT2D eigenvalue weighted by Crippen LogP contribution is -3.08. The van der Waals surface area contributed by atoms with E-state index in [1.165, 1.54) is 4.90 Å². The Hall–Kier alpha value is -0.150. The van der Waals surface area contributed by atoms with E-state index in [2.05, 4.69) is 0 Å². The van der Waals surface area contributed by atoms with E-state index in [9.17, 15) is 5.11 Å². The van der Waals surface area contributed by atoms with Gasteiger partial charge in [0, 0.05) is 12.1 Å². The molecule has 0 radical (unpaired) electrons. The molecular weight excluding hydrogens is 256 g/mol. The minimum atomic E-state index is 0.0940. The molecule has 0 atom stereocenters. The molecule has 0 aliphatic carbocycles. The van der Waals surface area contributed by atoms with Crippen LogP contribution >= 0.6 is 34.8 Å². The Morgan fingerprint density at radius 2 is 1.73 bits per heavy atom. The first kappa shape index (κ1) is 12.9. The fraction of sp³-hybridized carbons (Fsp3) is 0.400. The van der Waals surface area contributed by atoms with Gasteiger partial charge in [-0.1, -0.05) is 11.6 Å². The van der Waals surface area contributed by atoms with Crippen LogP contribution in [0.3, 0.4) is 0 Å². The summed E-state index contributed by atoms with van der Waals surface area (Å²) in [6.45, 7) is 1.57.